The van der Waals surface area contributed by atoms with Crippen LogP contribution in [0.4, 0.5) is 0 Å². The first kappa shape index (κ1) is 12.7. The summed E-state index contributed by atoms with van der Waals surface area (Å²) < 4.78 is 5.27. The van der Waals surface area contributed by atoms with Gasteiger partial charge in [0.15, 0.2) is 0 Å². The molecule has 0 amide bonds. The minimum atomic E-state index is -0.787. The van der Waals surface area contributed by atoms with Gasteiger partial charge in [-0.2, -0.15) is 0 Å². The number of methoxy groups -OCH3 is 1. The van der Waals surface area contributed by atoms with Crippen LogP contribution in [0.15, 0.2) is 30.3 Å². The molecule has 0 atom stereocenters. The lowest BCUT2D eigenvalue weighted by Crippen LogP contribution is -2.03. The molecule has 3 nitrogen and oxygen atoms in total. The maximum atomic E-state index is 10.9. The number of hydrogen-bond acceptors (Lipinski definition) is 2. The lowest BCUT2D eigenvalue weighted by atomic mass is 9.96. The molecular formula is C17H16O3. The molecule has 0 saturated carbocycles. The molecule has 2 aromatic rings. The molecule has 0 fully saturated rings. The van der Waals surface area contributed by atoms with Gasteiger partial charge in [0, 0.05) is 0 Å². The molecule has 1 aliphatic rings. The Hall–Kier alpha value is -2.29. The molecule has 2 aromatic carbocycles. The van der Waals surface area contributed by atoms with Crippen LogP contribution in [0.2, 0.25) is 0 Å². The van der Waals surface area contributed by atoms with Crippen LogP contribution in [-0.4, -0.2) is 18.2 Å². The Labute approximate surface area is 117 Å². The van der Waals surface area contributed by atoms with E-state index < -0.39 is 5.97 Å². The fraction of sp³-hybridized carbons (Fsp3) is 0.235. The average Bonchev–Trinajstić information content (AvgIpc) is 2.80. The largest absolute Gasteiger partial charge is 0.497 e. The highest BCUT2D eigenvalue weighted by Crippen LogP contribution is 2.40. The number of fused-ring (bicyclic) bond motifs is 3. The minimum Gasteiger partial charge on any atom is -0.497 e. The van der Waals surface area contributed by atoms with Crippen LogP contribution in [0.5, 0.6) is 5.75 Å². The van der Waals surface area contributed by atoms with Gasteiger partial charge in [0.25, 0.3) is 0 Å². The molecule has 0 heterocycles. The molecule has 0 unspecified atom stereocenters. The number of aliphatic carboxylic acids is 1. The second-order valence-electron chi connectivity index (χ2n) is 5.15. The molecule has 0 spiro atoms. The van der Waals surface area contributed by atoms with Crippen molar-refractivity contribution in [1.29, 1.82) is 0 Å². The van der Waals surface area contributed by atoms with Crippen molar-refractivity contribution in [2.75, 3.05) is 7.11 Å². The van der Waals surface area contributed by atoms with E-state index >= 15 is 0 Å². The lowest BCUT2D eigenvalue weighted by molar-refractivity contribution is -0.136. The molecule has 1 N–H and O–H groups in total. The van der Waals surface area contributed by atoms with E-state index in [9.17, 15) is 4.79 Å². The van der Waals surface area contributed by atoms with Gasteiger partial charge >= 0.3 is 5.97 Å². The van der Waals surface area contributed by atoms with Crippen LogP contribution in [0, 0.1) is 6.92 Å². The van der Waals surface area contributed by atoms with Crippen molar-refractivity contribution in [3.05, 3.63) is 52.6 Å². The molecule has 102 valence electrons. The summed E-state index contributed by atoms with van der Waals surface area (Å²) in [5.74, 6) is 0.0743. The maximum Gasteiger partial charge on any atom is 0.307 e. The van der Waals surface area contributed by atoms with Gasteiger partial charge in [-0.3, -0.25) is 4.79 Å². The Kier molecular flexibility index (Phi) is 2.97. The summed E-state index contributed by atoms with van der Waals surface area (Å²) in [4.78, 5) is 10.9. The van der Waals surface area contributed by atoms with E-state index in [1.54, 1.807) is 7.11 Å². The third-order valence-electron chi connectivity index (χ3n) is 4.02. The maximum absolute atomic E-state index is 10.9. The quantitative estimate of drug-likeness (QED) is 0.793. The number of carbonyl (C=O) groups is 1. The lowest BCUT2D eigenvalue weighted by Gasteiger charge is -2.09. The predicted molar refractivity (Wildman–Crippen MR) is 77.3 cm³/mol. The van der Waals surface area contributed by atoms with Crippen molar-refractivity contribution in [3.8, 4) is 16.9 Å². The van der Waals surface area contributed by atoms with E-state index in [0.29, 0.717) is 0 Å². The summed E-state index contributed by atoms with van der Waals surface area (Å²) in [5.41, 5.74) is 6.93. The van der Waals surface area contributed by atoms with E-state index in [-0.39, 0.29) is 6.42 Å². The standard InChI is InChI=1S/C17H16O3/c1-10-11(9-17(18)19)3-5-15-14-6-4-13(20-2)7-12(14)8-16(10)15/h3-7H,8-9H2,1-2H3,(H,18,19). The van der Waals surface area contributed by atoms with Crippen LogP contribution < -0.4 is 4.74 Å². The van der Waals surface area contributed by atoms with Crippen LogP contribution in [-0.2, 0) is 17.6 Å². The Bertz CT molecular complexity index is 702. The summed E-state index contributed by atoms with van der Waals surface area (Å²) in [6.07, 6.45) is 0.930. The zero-order valence-corrected chi connectivity index (χ0v) is 11.6. The van der Waals surface area contributed by atoms with Crippen molar-refractivity contribution in [3.63, 3.8) is 0 Å². The number of hydrogen-bond donors (Lipinski definition) is 1. The van der Waals surface area contributed by atoms with Crippen LogP contribution in [0.3, 0.4) is 0 Å². The van der Waals surface area contributed by atoms with E-state index in [2.05, 4.69) is 12.1 Å². The van der Waals surface area contributed by atoms with Crippen molar-refractivity contribution >= 4 is 5.97 Å². The third kappa shape index (κ3) is 1.95. The van der Waals surface area contributed by atoms with E-state index in [4.69, 9.17) is 9.84 Å². The normalized spacial score (nSPS) is 11.9. The van der Waals surface area contributed by atoms with Crippen molar-refractivity contribution in [2.24, 2.45) is 0 Å². The number of ether oxygens (including phenoxy) is 1. The minimum absolute atomic E-state index is 0.0821. The summed E-state index contributed by atoms with van der Waals surface area (Å²) >= 11 is 0. The molecule has 0 aliphatic heterocycles. The number of carboxylic acids is 1. The monoisotopic (exact) mass is 268 g/mol. The highest BCUT2D eigenvalue weighted by atomic mass is 16.5. The topological polar surface area (TPSA) is 46.5 Å². The third-order valence-corrected chi connectivity index (χ3v) is 4.02. The first-order valence-corrected chi connectivity index (χ1v) is 6.60. The van der Waals surface area contributed by atoms with Gasteiger partial charge in [0.2, 0.25) is 0 Å². The van der Waals surface area contributed by atoms with Gasteiger partial charge < -0.3 is 9.84 Å². The van der Waals surface area contributed by atoms with Crippen LogP contribution in [0.1, 0.15) is 22.3 Å². The van der Waals surface area contributed by atoms with E-state index in [1.165, 1.54) is 22.3 Å². The Balaban J connectivity index is 2.07. The zero-order chi connectivity index (χ0) is 14.3. The van der Waals surface area contributed by atoms with Gasteiger partial charge in [-0.25, -0.2) is 0 Å². The van der Waals surface area contributed by atoms with Gasteiger partial charge in [0.05, 0.1) is 13.5 Å². The second-order valence-corrected chi connectivity index (χ2v) is 5.15. The zero-order valence-electron chi connectivity index (χ0n) is 11.6. The predicted octanol–water partition coefficient (Wildman–Crippen LogP) is 3.20. The van der Waals surface area contributed by atoms with Gasteiger partial charge in [-0.15, -0.1) is 0 Å². The molecule has 3 heteroatoms. The van der Waals surface area contributed by atoms with Crippen LogP contribution in [0.25, 0.3) is 11.1 Å². The molecular weight excluding hydrogens is 252 g/mol. The first-order chi connectivity index (χ1) is 9.60. The fourth-order valence-electron chi connectivity index (χ4n) is 2.94. The van der Waals surface area contributed by atoms with Crippen LogP contribution >= 0.6 is 0 Å². The summed E-state index contributed by atoms with van der Waals surface area (Å²) in [6.45, 7) is 2.01. The summed E-state index contributed by atoms with van der Waals surface area (Å²) in [5, 5.41) is 8.97. The highest BCUT2D eigenvalue weighted by molar-refractivity contribution is 5.80. The Morgan fingerprint density at radius 3 is 2.70 bits per heavy atom. The molecule has 0 bridgehead atoms. The molecule has 0 radical (unpaired) electrons. The first-order valence-electron chi connectivity index (χ1n) is 6.60. The van der Waals surface area contributed by atoms with Gasteiger partial charge in [-0.05, 0) is 58.9 Å². The smallest absolute Gasteiger partial charge is 0.307 e. The number of benzene rings is 2. The van der Waals surface area contributed by atoms with Crippen molar-refractivity contribution < 1.29 is 14.6 Å². The molecule has 20 heavy (non-hydrogen) atoms. The van der Waals surface area contributed by atoms with Gasteiger partial charge in [-0.1, -0.05) is 18.2 Å². The highest BCUT2D eigenvalue weighted by Gasteiger charge is 2.22. The molecule has 0 saturated heterocycles. The second kappa shape index (κ2) is 4.67. The number of carboxylic acid groups (broad SMARTS) is 1. The molecule has 1 aliphatic carbocycles. The Morgan fingerprint density at radius 2 is 2.00 bits per heavy atom. The summed E-state index contributed by atoms with van der Waals surface area (Å²) in [6, 6.07) is 10.1. The van der Waals surface area contributed by atoms with Gasteiger partial charge in [0.1, 0.15) is 5.75 Å². The average molecular weight is 268 g/mol. The summed E-state index contributed by atoms with van der Waals surface area (Å²) in [7, 11) is 1.67. The van der Waals surface area contributed by atoms with Crippen molar-refractivity contribution in [1.82, 2.24) is 0 Å². The van der Waals surface area contributed by atoms with Crippen molar-refractivity contribution in [2.45, 2.75) is 19.8 Å². The number of rotatable bonds is 3. The van der Waals surface area contributed by atoms with E-state index in [1.807, 2.05) is 25.1 Å². The fourth-order valence-corrected chi connectivity index (χ4v) is 2.94. The van der Waals surface area contributed by atoms with E-state index in [0.717, 1.165) is 23.3 Å². The molecule has 3 rings (SSSR count). The SMILES string of the molecule is COc1ccc2c(c1)Cc1c-2ccc(CC(=O)O)c1C. The Morgan fingerprint density at radius 1 is 1.25 bits per heavy atom. The molecule has 0 aromatic heterocycles.